The van der Waals surface area contributed by atoms with Crippen LogP contribution in [0, 0.1) is 23.7 Å². The molecular formula is C15H26O. The van der Waals surface area contributed by atoms with Gasteiger partial charge in [-0.05, 0) is 55.9 Å². The third kappa shape index (κ3) is 2.96. The van der Waals surface area contributed by atoms with Crippen LogP contribution in [0.3, 0.4) is 0 Å². The van der Waals surface area contributed by atoms with Gasteiger partial charge in [0.2, 0.25) is 0 Å². The number of hydrogen-bond acceptors (Lipinski definition) is 1. The molecule has 1 nitrogen and oxygen atoms in total. The van der Waals surface area contributed by atoms with Gasteiger partial charge in [0.1, 0.15) is 0 Å². The van der Waals surface area contributed by atoms with Gasteiger partial charge in [0.25, 0.3) is 0 Å². The Bertz CT molecular complexity index is 277. The van der Waals surface area contributed by atoms with Crippen LogP contribution in [-0.2, 0) is 4.79 Å². The van der Waals surface area contributed by atoms with Gasteiger partial charge in [0, 0.05) is 6.42 Å². The van der Waals surface area contributed by atoms with Crippen molar-refractivity contribution in [2.45, 2.75) is 53.9 Å². The molecule has 0 aromatic carbocycles. The largest absolute Gasteiger partial charge is 0.295 e. The number of allylic oxidation sites excluding steroid dienone is 2. The molecule has 0 aliphatic heterocycles. The van der Waals surface area contributed by atoms with Crippen molar-refractivity contribution in [3.63, 3.8) is 0 Å². The minimum absolute atomic E-state index is 0.335. The Kier molecular flexibility index (Phi) is 4.76. The Hall–Kier alpha value is -0.590. The summed E-state index contributed by atoms with van der Waals surface area (Å²) in [6, 6.07) is 0. The zero-order valence-electron chi connectivity index (χ0n) is 11.4. The Morgan fingerprint density at radius 1 is 1.25 bits per heavy atom. The average molecular weight is 222 g/mol. The predicted octanol–water partition coefficient (Wildman–Crippen LogP) is 4.23. The van der Waals surface area contributed by atoms with Crippen LogP contribution in [0.25, 0.3) is 0 Å². The molecule has 4 unspecified atom stereocenters. The highest BCUT2D eigenvalue weighted by molar-refractivity contribution is 5.94. The van der Waals surface area contributed by atoms with Gasteiger partial charge in [-0.2, -0.15) is 0 Å². The van der Waals surface area contributed by atoms with E-state index in [-0.39, 0.29) is 0 Å². The molecule has 0 aromatic rings. The normalized spacial score (nSPS) is 35.4. The first-order chi connectivity index (χ1) is 7.47. The number of carbonyl (C=O) groups excluding carboxylic acids is 1. The number of Topliss-reactive ketones (excluding diaryl/α,β-unsaturated/α-hetero) is 1. The van der Waals surface area contributed by atoms with Crippen LogP contribution in [0.5, 0.6) is 0 Å². The zero-order chi connectivity index (χ0) is 12.3. The molecule has 0 spiro atoms. The van der Waals surface area contributed by atoms with Crippen LogP contribution in [-0.4, -0.2) is 5.78 Å². The summed E-state index contributed by atoms with van der Waals surface area (Å²) < 4.78 is 0. The lowest BCUT2D eigenvalue weighted by atomic mass is 9.87. The maximum atomic E-state index is 11.7. The highest BCUT2D eigenvalue weighted by Crippen LogP contribution is 2.43. The molecule has 1 rings (SSSR count). The lowest BCUT2D eigenvalue weighted by molar-refractivity contribution is -0.115. The molecular weight excluding hydrogens is 196 g/mol. The molecule has 0 heterocycles. The highest BCUT2D eigenvalue weighted by Gasteiger charge is 2.34. The van der Waals surface area contributed by atoms with Gasteiger partial charge in [0.15, 0.2) is 5.78 Å². The zero-order valence-corrected chi connectivity index (χ0v) is 11.4. The third-order valence-corrected chi connectivity index (χ3v) is 4.76. The van der Waals surface area contributed by atoms with Crippen LogP contribution in [0.1, 0.15) is 53.9 Å². The van der Waals surface area contributed by atoms with Crippen molar-refractivity contribution >= 4 is 5.78 Å². The van der Waals surface area contributed by atoms with E-state index in [1.165, 1.54) is 6.42 Å². The van der Waals surface area contributed by atoms with E-state index in [2.05, 4.69) is 20.8 Å². The van der Waals surface area contributed by atoms with Gasteiger partial charge >= 0.3 is 0 Å². The van der Waals surface area contributed by atoms with Crippen molar-refractivity contribution in [2.75, 3.05) is 0 Å². The molecule has 4 atom stereocenters. The summed E-state index contributed by atoms with van der Waals surface area (Å²) in [4.78, 5) is 11.7. The number of hydrogen-bond donors (Lipinski definition) is 0. The van der Waals surface area contributed by atoms with Gasteiger partial charge in [-0.3, -0.25) is 4.79 Å². The van der Waals surface area contributed by atoms with E-state index in [1.54, 1.807) is 0 Å². The summed E-state index contributed by atoms with van der Waals surface area (Å²) in [6.07, 6.45) is 5.06. The lowest BCUT2D eigenvalue weighted by Gasteiger charge is -2.18. The van der Waals surface area contributed by atoms with E-state index in [0.717, 1.165) is 42.1 Å². The summed E-state index contributed by atoms with van der Waals surface area (Å²) in [7, 11) is 0. The summed E-state index contributed by atoms with van der Waals surface area (Å²) in [5.41, 5.74) is 0.923. The Morgan fingerprint density at radius 3 is 2.31 bits per heavy atom. The van der Waals surface area contributed by atoms with E-state index in [1.807, 2.05) is 19.9 Å². The molecule has 1 heteroatoms. The van der Waals surface area contributed by atoms with E-state index < -0.39 is 0 Å². The second kappa shape index (κ2) is 5.65. The van der Waals surface area contributed by atoms with Gasteiger partial charge in [-0.25, -0.2) is 0 Å². The minimum atomic E-state index is 0.335. The molecule has 1 aliphatic rings. The maximum absolute atomic E-state index is 11.7. The predicted molar refractivity (Wildman–Crippen MR) is 69.3 cm³/mol. The van der Waals surface area contributed by atoms with Crippen molar-refractivity contribution in [3.8, 4) is 0 Å². The lowest BCUT2D eigenvalue weighted by Crippen LogP contribution is -2.11. The Labute approximate surface area is 100 Å². The summed E-state index contributed by atoms with van der Waals surface area (Å²) in [6.45, 7) is 10.9. The first-order valence-electron chi connectivity index (χ1n) is 6.63. The fourth-order valence-electron chi connectivity index (χ4n) is 2.91. The molecule has 0 aromatic heterocycles. The topological polar surface area (TPSA) is 17.1 Å². The fourth-order valence-corrected chi connectivity index (χ4v) is 2.91. The fraction of sp³-hybridized carbons (Fsp3) is 0.800. The highest BCUT2D eigenvalue weighted by atomic mass is 16.1. The molecule has 1 aliphatic carbocycles. The van der Waals surface area contributed by atoms with Gasteiger partial charge < -0.3 is 0 Å². The van der Waals surface area contributed by atoms with Crippen molar-refractivity contribution < 1.29 is 4.79 Å². The van der Waals surface area contributed by atoms with E-state index >= 15 is 0 Å². The van der Waals surface area contributed by atoms with Crippen molar-refractivity contribution in [1.29, 1.82) is 0 Å². The molecule has 92 valence electrons. The van der Waals surface area contributed by atoms with Gasteiger partial charge in [-0.15, -0.1) is 0 Å². The monoisotopic (exact) mass is 222 g/mol. The minimum Gasteiger partial charge on any atom is -0.295 e. The van der Waals surface area contributed by atoms with E-state index in [0.29, 0.717) is 5.78 Å². The van der Waals surface area contributed by atoms with E-state index in [4.69, 9.17) is 0 Å². The first-order valence-corrected chi connectivity index (χ1v) is 6.63. The van der Waals surface area contributed by atoms with E-state index in [9.17, 15) is 4.79 Å². The van der Waals surface area contributed by atoms with Crippen LogP contribution < -0.4 is 0 Å². The second-order valence-electron chi connectivity index (χ2n) is 5.62. The number of ketones is 1. The standard InChI is InChI=1S/C15H26O/c1-6-10(2)15(16)8-7-14-9-11(3)12(4)13(14)5/h6,11-14H,7-9H2,1-5H3. The van der Waals surface area contributed by atoms with Crippen molar-refractivity contribution in [2.24, 2.45) is 23.7 Å². The van der Waals surface area contributed by atoms with Crippen LogP contribution in [0.4, 0.5) is 0 Å². The first kappa shape index (κ1) is 13.5. The van der Waals surface area contributed by atoms with Crippen LogP contribution in [0.2, 0.25) is 0 Å². The molecule has 0 N–H and O–H groups in total. The summed E-state index contributed by atoms with van der Waals surface area (Å²) >= 11 is 0. The smallest absolute Gasteiger partial charge is 0.158 e. The SMILES string of the molecule is CC=C(C)C(=O)CCC1CC(C)C(C)C1C. The molecule has 0 radical (unpaired) electrons. The number of carbonyl (C=O) groups is 1. The quantitative estimate of drug-likeness (QED) is 0.651. The van der Waals surface area contributed by atoms with Crippen LogP contribution in [0.15, 0.2) is 11.6 Å². The average Bonchev–Trinajstić information content (AvgIpc) is 2.52. The Balaban J connectivity index is 2.43. The van der Waals surface area contributed by atoms with Gasteiger partial charge in [-0.1, -0.05) is 26.8 Å². The molecule has 0 saturated heterocycles. The van der Waals surface area contributed by atoms with Crippen LogP contribution >= 0.6 is 0 Å². The molecule has 0 bridgehead atoms. The summed E-state index contributed by atoms with van der Waals surface area (Å²) in [5, 5.41) is 0. The molecule has 16 heavy (non-hydrogen) atoms. The summed E-state index contributed by atoms with van der Waals surface area (Å²) in [5.74, 6) is 3.54. The van der Waals surface area contributed by atoms with Crippen molar-refractivity contribution in [3.05, 3.63) is 11.6 Å². The van der Waals surface area contributed by atoms with Crippen molar-refractivity contribution in [1.82, 2.24) is 0 Å². The molecule has 1 saturated carbocycles. The second-order valence-corrected chi connectivity index (χ2v) is 5.62. The molecule has 1 fully saturated rings. The maximum Gasteiger partial charge on any atom is 0.158 e. The number of rotatable bonds is 4. The third-order valence-electron chi connectivity index (χ3n) is 4.76. The Morgan fingerprint density at radius 2 is 1.88 bits per heavy atom. The van der Waals surface area contributed by atoms with Gasteiger partial charge in [0.05, 0.1) is 0 Å². The molecule has 0 amide bonds.